The van der Waals surface area contributed by atoms with Gasteiger partial charge in [0.25, 0.3) is 0 Å². The molecule has 0 amide bonds. The van der Waals surface area contributed by atoms with Crippen molar-refractivity contribution in [2.75, 3.05) is 0 Å². The van der Waals surface area contributed by atoms with Gasteiger partial charge in [-0.15, -0.1) is 0 Å². The molecule has 0 aliphatic heterocycles. The van der Waals surface area contributed by atoms with Crippen molar-refractivity contribution in [1.82, 2.24) is 0 Å². The number of nitrogens with zero attached hydrogens (tertiary/aromatic N) is 2. The molecular formula is C11H26N2Na2O8P2. The van der Waals surface area contributed by atoms with E-state index in [4.69, 9.17) is 30.0 Å². The molecule has 0 aromatic rings. The zero-order chi connectivity index (χ0) is 17.9. The number of oxime groups is 2. The third-order valence-electron chi connectivity index (χ3n) is 3.20. The fourth-order valence-electron chi connectivity index (χ4n) is 1.96. The summed E-state index contributed by atoms with van der Waals surface area (Å²) in [5.74, 6) is 0. The van der Waals surface area contributed by atoms with Crippen molar-refractivity contribution in [3.63, 3.8) is 0 Å². The molecule has 0 saturated heterocycles. The topological polar surface area (TPSA) is 180 Å². The molecule has 0 bridgehead atoms. The molecule has 0 spiro atoms. The summed E-state index contributed by atoms with van der Waals surface area (Å²) in [5.41, 5.74) is -1.02. The van der Waals surface area contributed by atoms with Crippen LogP contribution in [0.15, 0.2) is 10.3 Å². The summed E-state index contributed by atoms with van der Waals surface area (Å²) in [5, 5.41) is 22.2. The van der Waals surface area contributed by atoms with Crippen molar-refractivity contribution in [2.45, 2.75) is 57.8 Å². The number of rotatable bonds is 12. The molecule has 0 unspecified atom stereocenters. The van der Waals surface area contributed by atoms with E-state index in [1.54, 1.807) is 0 Å². The first-order valence-electron chi connectivity index (χ1n) is 7.17. The zero-order valence-electron chi connectivity index (χ0n) is 16.7. The van der Waals surface area contributed by atoms with Gasteiger partial charge in [-0.3, -0.25) is 9.13 Å². The van der Waals surface area contributed by atoms with Crippen LogP contribution in [-0.2, 0) is 9.13 Å². The molecule has 0 aliphatic rings. The van der Waals surface area contributed by atoms with Crippen LogP contribution in [0.4, 0.5) is 0 Å². The van der Waals surface area contributed by atoms with Gasteiger partial charge in [0.15, 0.2) is 10.9 Å². The summed E-state index contributed by atoms with van der Waals surface area (Å²) in [4.78, 5) is 35.3. The average molecular weight is 422 g/mol. The minimum Gasteiger partial charge on any atom is -1.00 e. The van der Waals surface area contributed by atoms with Crippen molar-refractivity contribution in [2.24, 2.45) is 10.3 Å². The fraction of sp³-hybridized carbons (Fsp3) is 0.818. The van der Waals surface area contributed by atoms with Crippen LogP contribution in [-0.4, -0.2) is 40.9 Å². The van der Waals surface area contributed by atoms with Crippen molar-refractivity contribution in [3.8, 4) is 0 Å². The molecule has 0 aromatic carbocycles. The number of hydrogen-bond donors (Lipinski definition) is 6. The third-order valence-corrected chi connectivity index (χ3v) is 5.18. The van der Waals surface area contributed by atoms with Crippen LogP contribution in [0.3, 0.4) is 0 Å². The number of unbranched alkanes of at least 4 members (excludes halogenated alkanes) is 6. The van der Waals surface area contributed by atoms with E-state index in [9.17, 15) is 9.13 Å². The Morgan fingerprint density at radius 2 is 0.880 bits per heavy atom. The Labute approximate surface area is 194 Å². The monoisotopic (exact) mass is 422 g/mol. The van der Waals surface area contributed by atoms with Crippen LogP contribution in [0.5, 0.6) is 0 Å². The van der Waals surface area contributed by atoms with Gasteiger partial charge in [0, 0.05) is 12.8 Å². The summed E-state index contributed by atoms with van der Waals surface area (Å²) in [6, 6.07) is 0. The summed E-state index contributed by atoms with van der Waals surface area (Å²) in [7, 11) is -8.94. The first kappa shape index (κ1) is 31.0. The van der Waals surface area contributed by atoms with Gasteiger partial charge in [-0.25, -0.2) is 0 Å². The predicted molar refractivity (Wildman–Crippen MR) is 86.3 cm³/mol. The molecular weight excluding hydrogens is 396 g/mol. The standard InChI is InChI=1S/C11H24N2O8P2.2Na.2H/c14-12-10(22(16,17)18)8-6-4-2-1-3-5-7-9-11(13-15)23(19,20)21;;;;/h14-15H,1-9H2,(H2,16,17,18)(H2,19,20,21);;;;/q;2*+1;2*-1/b12-10-,13-11+;;;;. The van der Waals surface area contributed by atoms with Crippen LogP contribution in [0, 0.1) is 0 Å². The van der Waals surface area contributed by atoms with Crippen LogP contribution in [0.25, 0.3) is 0 Å². The molecule has 0 saturated carbocycles. The van der Waals surface area contributed by atoms with Crippen molar-refractivity contribution in [1.29, 1.82) is 0 Å². The van der Waals surface area contributed by atoms with E-state index in [2.05, 4.69) is 10.3 Å². The Morgan fingerprint density at radius 3 is 1.08 bits per heavy atom. The second-order valence-corrected chi connectivity index (χ2v) is 8.30. The van der Waals surface area contributed by atoms with Crippen molar-refractivity contribution < 1.29 is 101 Å². The zero-order valence-corrected chi connectivity index (χ0v) is 20.4. The molecule has 0 rings (SSSR count). The quantitative estimate of drug-likeness (QED) is 0.0472. The third kappa shape index (κ3) is 15.9. The molecule has 140 valence electrons. The molecule has 0 heterocycles. The largest absolute Gasteiger partial charge is 1.00 e. The van der Waals surface area contributed by atoms with Crippen LogP contribution < -0.4 is 59.1 Å². The van der Waals surface area contributed by atoms with E-state index < -0.39 is 26.1 Å². The normalized spacial score (nSPS) is 13.1. The first-order chi connectivity index (χ1) is 10.6. The van der Waals surface area contributed by atoms with Gasteiger partial charge in [0.1, 0.15) is 0 Å². The molecule has 14 heteroatoms. The molecule has 0 radical (unpaired) electrons. The molecule has 0 atom stereocenters. The van der Waals surface area contributed by atoms with E-state index in [0.29, 0.717) is 12.8 Å². The van der Waals surface area contributed by atoms with Gasteiger partial charge in [-0.2, -0.15) is 0 Å². The van der Waals surface area contributed by atoms with E-state index in [1.165, 1.54) is 0 Å². The Bertz CT molecular complexity index is 473. The minimum atomic E-state index is -4.47. The summed E-state index contributed by atoms with van der Waals surface area (Å²) in [6.45, 7) is 0. The maximum absolute atomic E-state index is 10.9. The Balaban J connectivity index is -0.000000403. The van der Waals surface area contributed by atoms with Gasteiger partial charge in [0.05, 0.1) is 0 Å². The summed E-state index contributed by atoms with van der Waals surface area (Å²) < 4.78 is 21.7. The van der Waals surface area contributed by atoms with Crippen LogP contribution >= 0.6 is 15.2 Å². The van der Waals surface area contributed by atoms with E-state index in [-0.39, 0.29) is 74.8 Å². The Morgan fingerprint density at radius 1 is 0.640 bits per heavy atom. The van der Waals surface area contributed by atoms with Gasteiger partial charge < -0.3 is 32.8 Å². The predicted octanol–water partition coefficient (Wildman–Crippen LogP) is -3.34. The maximum Gasteiger partial charge on any atom is 1.00 e. The van der Waals surface area contributed by atoms with Gasteiger partial charge in [0.2, 0.25) is 0 Å². The Kier molecular flexibility index (Phi) is 20.1. The van der Waals surface area contributed by atoms with Crippen molar-refractivity contribution in [3.05, 3.63) is 0 Å². The summed E-state index contributed by atoms with van der Waals surface area (Å²) >= 11 is 0. The van der Waals surface area contributed by atoms with Crippen molar-refractivity contribution >= 4 is 26.1 Å². The second-order valence-electron chi connectivity index (χ2n) is 5.10. The van der Waals surface area contributed by atoms with Gasteiger partial charge in [-0.1, -0.05) is 42.4 Å². The van der Waals surface area contributed by atoms with Gasteiger partial charge in [-0.05, 0) is 12.8 Å². The van der Waals surface area contributed by atoms with E-state index in [0.717, 1.165) is 32.1 Å². The first-order valence-corrected chi connectivity index (χ1v) is 10.4. The fourth-order valence-corrected chi connectivity index (χ4v) is 3.09. The maximum atomic E-state index is 10.9. The summed E-state index contributed by atoms with van der Waals surface area (Å²) in [6.07, 6.45) is 5.07. The van der Waals surface area contributed by atoms with Crippen LogP contribution in [0.1, 0.15) is 60.6 Å². The number of hydrogen-bond acceptors (Lipinski definition) is 6. The SMILES string of the molecule is O=P(O)(O)/C(CCCCCCCCC/C(=N\O)P(=O)(O)O)=N\O.[H-].[H-].[Na+].[Na+]. The minimum absolute atomic E-state index is 0. The smallest absolute Gasteiger partial charge is 1.00 e. The van der Waals surface area contributed by atoms with E-state index >= 15 is 0 Å². The molecule has 25 heavy (non-hydrogen) atoms. The van der Waals surface area contributed by atoms with E-state index in [1.807, 2.05) is 0 Å². The molecule has 6 N–H and O–H groups in total. The van der Waals surface area contributed by atoms with Crippen LogP contribution in [0.2, 0.25) is 0 Å². The molecule has 0 aliphatic carbocycles. The molecule has 10 nitrogen and oxygen atoms in total. The molecule has 0 fully saturated rings. The average Bonchev–Trinajstić information content (AvgIpc) is 2.42. The second kappa shape index (κ2) is 16.2. The molecule has 0 aromatic heterocycles. The Hall–Kier alpha value is 1.24. The van der Waals surface area contributed by atoms with Gasteiger partial charge >= 0.3 is 74.3 Å².